The Labute approximate surface area is 65.0 Å². The number of alkyl halides is 2. The van der Waals surface area contributed by atoms with Gasteiger partial charge in [0.05, 0.1) is 6.61 Å². The summed E-state index contributed by atoms with van der Waals surface area (Å²) in [5, 5.41) is 0. The number of halogens is 2. The Morgan fingerprint density at radius 2 is 2.18 bits per heavy atom. The van der Waals surface area contributed by atoms with Crippen molar-refractivity contribution in [2.75, 3.05) is 13.7 Å². The second kappa shape index (κ2) is 5.53. The van der Waals surface area contributed by atoms with Crippen molar-refractivity contribution < 1.29 is 26.5 Å². The zero-order valence-electron chi connectivity index (χ0n) is 5.70. The van der Waals surface area contributed by atoms with Crippen molar-refractivity contribution in [3.05, 3.63) is 0 Å². The van der Waals surface area contributed by atoms with Gasteiger partial charge in [0.2, 0.25) is 0 Å². The second-order valence-corrected chi connectivity index (χ2v) is 2.27. The molecule has 0 heterocycles. The highest BCUT2D eigenvalue weighted by Gasteiger charge is 2.23. The van der Waals surface area contributed by atoms with Gasteiger partial charge in [0.1, 0.15) is 0 Å². The van der Waals surface area contributed by atoms with Gasteiger partial charge >= 0.3 is 11.4 Å². The minimum atomic E-state index is -2.83. The van der Waals surface area contributed by atoms with Crippen molar-refractivity contribution in [3.8, 4) is 0 Å². The van der Waals surface area contributed by atoms with Crippen LogP contribution in [0.3, 0.4) is 0 Å². The van der Waals surface area contributed by atoms with E-state index in [1.165, 1.54) is 7.11 Å². The average molecular weight is 190 g/mol. The highest BCUT2D eigenvalue weighted by Crippen LogP contribution is 2.06. The summed E-state index contributed by atoms with van der Waals surface area (Å²) in [6.45, 7) is -0.413. The molecule has 68 valence electrons. The molecule has 7 heteroatoms. The Morgan fingerprint density at radius 3 is 2.45 bits per heavy atom. The van der Waals surface area contributed by atoms with Gasteiger partial charge in [-0.05, 0) is 0 Å². The highest BCUT2D eigenvalue weighted by atomic mass is 32.2. The number of rotatable bonds is 5. The van der Waals surface area contributed by atoms with E-state index in [1.54, 1.807) is 0 Å². The van der Waals surface area contributed by atoms with Crippen molar-refractivity contribution in [3.63, 3.8) is 0 Å². The molecule has 4 nitrogen and oxygen atoms in total. The molecule has 0 saturated heterocycles. The maximum Gasteiger partial charge on any atom is 0.302 e. The van der Waals surface area contributed by atoms with Crippen LogP contribution in [0, 0.1) is 0 Å². The zero-order chi connectivity index (χ0) is 8.85. The highest BCUT2D eigenvalue weighted by molar-refractivity contribution is 7.74. The maximum absolute atomic E-state index is 11.8. The smallest absolute Gasteiger partial charge is 0.302 e. The van der Waals surface area contributed by atoms with Gasteiger partial charge in [-0.2, -0.15) is 4.21 Å². The minimum absolute atomic E-state index is 0.413. The molecular weight excluding hydrogens is 182 g/mol. The van der Waals surface area contributed by atoms with Crippen molar-refractivity contribution in [2.24, 2.45) is 0 Å². The van der Waals surface area contributed by atoms with Gasteiger partial charge < -0.3 is 4.74 Å². The van der Waals surface area contributed by atoms with Crippen LogP contribution < -0.4 is 0 Å². The first kappa shape index (κ1) is 10.9. The van der Waals surface area contributed by atoms with Gasteiger partial charge in [0.15, 0.2) is 6.10 Å². The Balaban J connectivity index is 3.79. The number of ether oxygens (including phenoxy) is 1. The van der Waals surface area contributed by atoms with Crippen molar-refractivity contribution >= 4 is 11.4 Å². The molecule has 0 saturated carbocycles. The third-order valence-electron chi connectivity index (χ3n) is 0.818. The molecule has 0 amide bonds. The Morgan fingerprint density at radius 1 is 1.64 bits per heavy atom. The second-order valence-electron chi connectivity index (χ2n) is 1.64. The molecule has 0 aliphatic carbocycles. The van der Waals surface area contributed by atoms with Crippen LogP contribution in [-0.4, -0.2) is 35.0 Å². The normalized spacial score (nSPS) is 16.8. The van der Waals surface area contributed by atoms with Gasteiger partial charge in [0.25, 0.3) is 6.43 Å². The summed E-state index contributed by atoms with van der Waals surface area (Å²) in [5.74, 6) is 0. The molecule has 0 aliphatic rings. The zero-order valence-corrected chi connectivity index (χ0v) is 6.51. The molecule has 2 atom stereocenters. The first-order valence-electron chi connectivity index (χ1n) is 2.63. The Bertz CT molecular complexity index is 131. The van der Waals surface area contributed by atoms with E-state index in [1.807, 2.05) is 0 Å². The van der Waals surface area contributed by atoms with Gasteiger partial charge in [0, 0.05) is 7.11 Å². The molecule has 0 fully saturated rings. The molecule has 0 spiro atoms. The summed E-state index contributed by atoms with van der Waals surface area (Å²) >= 11 is -2.68. The van der Waals surface area contributed by atoms with E-state index in [9.17, 15) is 13.0 Å². The van der Waals surface area contributed by atoms with Gasteiger partial charge in [-0.15, -0.1) is 0 Å². The minimum Gasteiger partial charge on any atom is -0.382 e. The summed E-state index contributed by atoms with van der Waals surface area (Å²) in [4.78, 5) is 0. The summed E-state index contributed by atoms with van der Waals surface area (Å²) in [5.41, 5.74) is 0. The molecule has 0 aromatic rings. The monoisotopic (exact) mass is 190 g/mol. The molecular formula is C4H8F2O4S. The summed E-state index contributed by atoms with van der Waals surface area (Å²) in [6.07, 6.45) is -4.48. The van der Waals surface area contributed by atoms with Gasteiger partial charge in [-0.25, -0.2) is 8.78 Å². The molecule has 11 heavy (non-hydrogen) atoms. The number of hydrogen-bond donors (Lipinski definition) is 1. The fourth-order valence-corrected chi connectivity index (χ4v) is 0.764. The van der Waals surface area contributed by atoms with Crippen LogP contribution in [0.5, 0.6) is 0 Å². The number of hydrogen-bond acceptors (Lipinski definition) is 3. The lowest BCUT2D eigenvalue weighted by Gasteiger charge is -2.11. The van der Waals surface area contributed by atoms with E-state index in [-0.39, 0.29) is 0 Å². The molecule has 1 unspecified atom stereocenters. The first-order chi connectivity index (χ1) is 5.07. The van der Waals surface area contributed by atoms with Crippen LogP contribution in [0.15, 0.2) is 0 Å². The fourth-order valence-electron chi connectivity index (χ4n) is 0.413. The lowest BCUT2D eigenvalue weighted by molar-refractivity contribution is -0.0272. The van der Waals surface area contributed by atoms with Crippen molar-refractivity contribution in [2.45, 2.75) is 12.5 Å². The van der Waals surface area contributed by atoms with Crippen LogP contribution in [0.2, 0.25) is 0 Å². The van der Waals surface area contributed by atoms with Gasteiger partial charge in [-0.1, -0.05) is 0 Å². The standard InChI is InChI=1S/C4H8F2O4S/c1-9-2-3(4(5)6)10-11(7)8/h3-4H,2H2,1H3,(H,7,8)/t3-/m0/s1. The van der Waals surface area contributed by atoms with Crippen molar-refractivity contribution in [1.29, 1.82) is 0 Å². The maximum atomic E-state index is 11.8. The van der Waals surface area contributed by atoms with Crippen LogP contribution in [0.1, 0.15) is 0 Å². The molecule has 1 N–H and O–H groups in total. The lowest BCUT2D eigenvalue weighted by Crippen LogP contribution is -2.27. The Hall–Kier alpha value is -0.110. The summed E-state index contributed by atoms with van der Waals surface area (Å²) in [7, 11) is 1.19. The van der Waals surface area contributed by atoms with E-state index in [0.29, 0.717) is 0 Å². The van der Waals surface area contributed by atoms with Crippen LogP contribution in [-0.2, 0) is 20.3 Å². The molecule has 0 aliphatic heterocycles. The van der Waals surface area contributed by atoms with Crippen LogP contribution in [0.25, 0.3) is 0 Å². The van der Waals surface area contributed by atoms with E-state index < -0.39 is 30.5 Å². The predicted molar refractivity (Wildman–Crippen MR) is 33.5 cm³/mol. The van der Waals surface area contributed by atoms with Crippen LogP contribution >= 0.6 is 0 Å². The predicted octanol–water partition coefficient (Wildman–Crippen LogP) is 0.420. The average Bonchev–Trinajstić information content (AvgIpc) is 1.86. The Kier molecular flexibility index (Phi) is 5.47. The largest absolute Gasteiger partial charge is 0.382 e. The third kappa shape index (κ3) is 5.19. The van der Waals surface area contributed by atoms with E-state index in [4.69, 9.17) is 4.55 Å². The molecule has 0 radical (unpaired) electrons. The summed E-state index contributed by atoms with van der Waals surface area (Å²) < 4.78 is 49.8. The number of methoxy groups -OCH3 is 1. The van der Waals surface area contributed by atoms with Crippen LogP contribution in [0.4, 0.5) is 8.78 Å². The molecule has 0 rings (SSSR count). The quantitative estimate of drug-likeness (QED) is 0.638. The lowest BCUT2D eigenvalue weighted by atomic mass is 10.4. The molecule has 0 aromatic heterocycles. The van der Waals surface area contributed by atoms with Crippen molar-refractivity contribution in [1.82, 2.24) is 0 Å². The topological polar surface area (TPSA) is 55.8 Å². The van der Waals surface area contributed by atoms with E-state index >= 15 is 0 Å². The van der Waals surface area contributed by atoms with Gasteiger partial charge in [-0.3, -0.25) is 8.74 Å². The first-order valence-corrected chi connectivity index (χ1v) is 3.66. The third-order valence-corrected chi connectivity index (χ3v) is 1.23. The van der Waals surface area contributed by atoms with E-state index in [2.05, 4.69) is 8.92 Å². The molecule has 0 bridgehead atoms. The van der Waals surface area contributed by atoms with E-state index in [0.717, 1.165) is 0 Å². The SMILES string of the molecule is COC[C@H](OS(=O)O)C(F)F. The molecule has 0 aromatic carbocycles. The summed E-state index contributed by atoms with van der Waals surface area (Å²) in [6, 6.07) is 0. The fraction of sp³-hybridized carbons (Fsp3) is 1.00.